The fourth-order valence-electron chi connectivity index (χ4n) is 0.638. The molecule has 0 amide bonds. The maximum atomic E-state index is 10.5. The van der Waals surface area contributed by atoms with Crippen LogP contribution in [0.2, 0.25) is 0 Å². The molecule has 80 valence electrons. The van der Waals surface area contributed by atoms with E-state index in [0.717, 1.165) is 0 Å². The predicted molar refractivity (Wildman–Crippen MR) is 50.1 cm³/mol. The van der Waals surface area contributed by atoms with Crippen LogP contribution in [0, 0.1) is 11.8 Å². The quantitative estimate of drug-likeness (QED) is 0.317. The van der Waals surface area contributed by atoms with Gasteiger partial charge >= 0.3 is 5.97 Å². The fraction of sp³-hybridized carbons (Fsp3) is 0.625. The summed E-state index contributed by atoms with van der Waals surface area (Å²) in [6.07, 6.45) is 0.589. The van der Waals surface area contributed by atoms with Gasteiger partial charge in [0.25, 0.3) is 10.1 Å². The standard InChI is InChI=1S/C8H12O5S/c1-13-8(9)6-4-2-3-5-7-14(10,11)12/h3,5-7H2,1H3,(H,10,11,12). The van der Waals surface area contributed by atoms with Gasteiger partial charge in [0.15, 0.2) is 0 Å². The average Bonchev–Trinajstić information content (AvgIpc) is 2.08. The molecule has 0 radical (unpaired) electrons. The van der Waals surface area contributed by atoms with Crippen LogP contribution in [0.4, 0.5) is 0 Å². The lowest BCUT2D eigenvalue weighted by atomic mass is 10.3. The molecule has 0 bridgehead atoms. The predicted octanol–water partition coefficient (Wildman–Crippen LogP) is 0.221. The molecule has 0 spiro atoms. The molecule has 0 saturated heterocycles. The molecule has 0 aromatic carbocycles. The van der Waals surface area contributed by atoms with Gasteiger partial charge in [-0.1, -0.05) is 5.92 Å². The summed E-state index contributed by atoms with van der Waals surface area (Å²) in [6, 6.07) is 0. The zero-order valence-electron chi connectivity index (χ0n) is 7.82. The number of hydrogen-bond acceptors (Lipinski definition) is 4. The number of esters is 1. The van der Waals surface area contributed by atoms with Gasteiger partial charge in [0, 0.05) is 6.42 Å². The largest absolute Gasteiger partial charge is 0.468 e. The highest BCUT2D eigenvalue weighted by Crippen LogP contribution is 1.92. The lowest BCUT2D eigenvalue weighted by Gasteiger charge is -1.91. The fourth-order valence-corrected chi connectivity index (χ4v) is 1.15. The Hall–Kier alpha value is -1.06. The van der Waals surface area contributed by atoms with E-state index in [1.54, 1.807) is 0 Å². The second kappa shape index (κ2) is 6.40. The zero-order valence-corrected chi connectivity index (χ0v) is 8.63. The maximum Gasteiger partial charge on any atom is 0.317 e. The first-order valence-electron chi connectivity index (χ1n) is 3.93. The first-order valence-corrected chi connectivity index (χ1v) is 5.54. The first kappa shape index (κ1) is 12.9. The van der Waals surface area contributed by atoms with Crippen molar-refractivity contribution in [3.05, 3.63) is 0 Å². The second-order valence-corrected chi connectivity index (χ2v) is 4.07. The zero-order chi connectivity index (χ0) is 11.0. The van der Waals surface area contributed by atoms with Crippen molar-refractivity contribution < 1.29 is 22.5 Å². The van der Waals surface area contributed by atoms with Crippen LogP contribution in [-0.2, 0) is 19.6 Å². The van der Waals surface area contributed by atoms with Crippen LogP contribution >= 0.6 is 0 Å². The molecule has 0 saturated carbocycles. The van der Waals surface area contributed by atoms with E-state index in [0.29, 0.717) is 6.42 Å². The molecule has 0 atom stereocenters. The van der Waals surface area contributed by atoms with Gasteiger partial charge in [-0.2, -0.15) is 8.42 Å². The van der Waals surface area contributed by atoms with E-state index in [2.05, 4.69) is 16.6 Å². The number of methoxy groups -OCH3 is 1. The third kappa shape index (κ3) is 9.03. The Morgan fingerprint density at radius 2 is 2.07 bits per heavy atom. The number of carbonyl (C=O) groups is 1. The van der Waals surface area contributed by atoms with Crippen molar-refractivity contribution >= 4 is 16.1 Å². The molecule has 0 rings (SSSR count). The number of unbranched alkanes of at least 4 members (excludes halogenated alkanes) is 1. The van der Waals surface area contributed by atoms with Crippen LogP contribution in [-0.4, -0.2) is 31.8 Å². The summed E-state index contributed by atoms with van der Waals surface area (Å²) in [4.78, 5) is 10.5. The van der Waals surface area contributed by atoms with Crippen molar-refractivity contribution in [2.75, 3.05) is 12.9 Å². The first-order chi connectivity index (χ1) is 6.45. The van der Waals surface area contributed by atoms with Crippen molar-refractivity contribution in [1.82, 2.24) is 0 Å². The summed E-state index contributed by atoms with van der Waals surface area (Å²) < 4.78 is 33.2. The van der Waals surface area contributed by atoms with E-state index in [-0.39, 0.29) is 18.6 Å². The van der Waals surface area contributed by atoms with E-state index in [1.807, 2.05) is 0 Å². The molecule has 0 unspecified atom stereocenters. The van der Waals surface area contributed by atoms with Gasteiger partial charge in [0.05, 0.1) is 12.9 Å². The molecule has 0 heterocycles. The van der Waals surface area contributed by atoms with Crippen LogP contribution in [0.1, 0.15) is 19.3 Å². The minimum Gasteiger partial charge on any atom is -0.468 e. The lowest BCUT2D eigenvalue weighted by Crippen LogP contribution is -2.02. The Morgan fingerprint density at radius 1 is 1.43 bits per heavy atom. The van der Waals surface area contributed by atoms with Crippen molar-refractivity contribution in [2.45, 2.75) is 19.3 Å². The van der Waals surface area contributed by atoms with Gasteiger partial charge < -0.3 is 4.74 Å². The molecular formula is C8H12O5S. The SMILES string of the molecule is COC(=O)CC#CCCCS(=O)(=O)O. The van der Waals surface area contributed by atoms with Crippen molar-refractivity contribution in [2.24, 2.45) is 0 Å². The average molecular weight is 220 g/mol. The topological polar surface area (TPSA) is 80.7 Å². The van der Waals surface area contributed by atoms with Crippen LogP contribution in [0.15, 0.2) is 0 Å². The van der Waals surface area contributed by atoms with Gasteiger partial charge in [0.2, 0.25) is 0 Å². The van der Waals surface area contributed by atoms with Gasteiger partial charge in [-0.05, 0) is 6.42 Å². The molecule has 0 aromatic rings. The monoisotopic (exact) mass is 220 g/mol. The van der Waals surface area contributed by atoms with Crippen LogP contribution in [0.3, 0.4) is 0 Å². The van der Waals surface area contributed by atoms with Gasteiger partial charge in [-0.3, -0.25) is 9.35 Å². The normalized spacial score (nSPS) is 10.1. The molecular weight excluding hydrogens is 208 g/mol. The lowest BCUT2D eigenvalue weighted by molar-refractivity contribution is -0.139. The van der Waals surface area contributed by atoms with Gasteiger partial charge in [-0.15, -0.1) is 5.92 Å². The summed E-state index contributed by atoms with van der Waals surface area (Å²) in [5.41, 5.74) is 0. The third-order valence-electron chi connectivity index (χ3n) is 1.29. The molecule has 0 aliphatic heterocycles. The van der Waals surface area contributed by atoms with E-state index in [9.17, 15) is 13.2 Å². The molecule has 1 N–H and O–H groups in total. The Bertz CT molecular complexity index is 332. The highest BCUT2D eigenvalue weighted by molar-refractivity contribution is 7.85. The van der Waals surface area contributed by atoms with Crippen molar-refractivity contribution in [3.8, 4) is 11.8 Å². The van der Waals surface area contributed by atoms with Crippen LogP contribution in [0.25, 0.3) is 0 Å². The van der Waals surface area contributed by atoms with E-state index in [4.69, 9.17) is 4.55 Å². The second-order valence-electron chi connectivity index (χ2n) is 2.50. The smallest absolute Gasteiger partial charge is 0.317 e. The van der Waals surface area contributed by atoms with Crippen LogP contribution in [0.5, 0.6) is 0 Å². The molecule has 5 nitrogen and oxygen atoms in total. The number of hydrogen-bond donors (Lipinski definition) is 1. The summed E-state index contributed by atoms with van der Waals surface area (Å²) in [6.45, 7) is 0. The Labute approximate surface area is 83.2 Å². The molecule has 0 aliphatic rings. The molecule has 0 aromatic heterocycles. The summed E-state index contributed by atoms with van der Waals surface area (Å²) in [5.74, 6) is 4.39. The Balaban J connectivity index is 3.59. The van der Waals surface area contributed by atoms with Crippen molar-refractivity contribution in [1.29, 1.82) is 0 Å². The molecule has 14 heavy (non-hydrogen) atoms. The number of ether oxygens (including phenoxy) is 1. The number of rotatable bonds is 4. The Kier molecular flexibility index (Phi) is 5.92. The molecule has 0 fully saturated rings. The van der Waals surface area contributed by atoms with E-state index >= 15 is 0 Å². The summed E-state index contributed by atoms with van der Waals surface area (Å²) in [7, 11) is -2.63. The minimum atomic E-state index is -3.89. The van der Waals surface area contributed by atoms with Gasteiger partial charge in [-0.25, -0.2) is 0 Å². The maximum absolute atomic E-state index is 10.5. The highest BCUT2D eigenvalue weighted by Gasteiger charge is 2.01. The minimum absolute atomic E-state index is 0.00236. The molecule has 0 aliphatic carbocycles. The summed E-state index contributed by atoms with van der Waals surface area (Å²) >= 11 is 0. The van der Waals surface area contributed by atoms with Crippen molar-refractivity contribution in [3.63, 3.8) is 0 Å². The Morgan fingerprint density at radius 3 is 2.57 bits per heavy atom. The third-order valence-corrected chi connectivity index (χ3v) is 2.09. The molecule has 6 heteroatoms. The summed E-state index contributed by atoms with van der Waals surface area (Å²) in [5, 5.41) is 0. The van der Waals surface area contributed by atoms with Gasteiger partial charge in [0.1, 0.15) is 6.42 Å². The van der Waals surface area contributed by atoms with E-state index in [1.165, 1.54) is 7.11 Å². The number of carbonyl (C=O) groups excluding carboxylic acids is 1. The van der Waals surface area contributed by atoms with Crippen LogP contribution < -0.4 is 0 Å². The highest BCUT2D eigenvalue weighted by atomic mass is 32.2. The van der Waals surface area contributed by atoms with E-state index < -0.39 is 16.1 Å².